The molecule has 0 spiro atoms. The Bertz CT molecular complexity index is 738. The summed E-state index contributed by atoms with van der Waals surface area (Å²) < 4.78 is 21.3. The monoisotopic (exact) mass is 446 g/mol. The van der Waals surface area contributed by atoms with E-state index in [1.54, 1.807) is 36.5 Å². The first-order valence-electron chi connectivity index (χ1n) is 11.2. The highest BCUT2D eigenvalue weighted by Crippen LogP contribution is 2.32. The minimum absolute atomic E-state index is 0.0606. The normalized spacial score (nSPS) is 18.4. The molecule has 1 fully saturated rings. The number of amides is 2. The number of ether oxygens (including phenoxy) is 2. The van der Waals surface area contributed by atoms with E-state index < -0.39 is 0 Å². The number of nitrogens with zero attached hydrogens (tertiary/aromatic N) is 2. The van der Waals surface area contributed by atoms with Crippen LogP contribution in [-0.4, -0.2) is 62.1 Å². The van der Waals surface area contributed by atoms with Gasteiger partial charge in [-0.2, -0.15) is 0 Å². The number of furan rings is 2. The highest BCUT2D eigenvalue weighted by atomic mass is 16.5. The molecule has 2 aromatic rings. The smallest absolute Gasteiger partial charge is 0.226 e. The SMILES string of the molecule is COCCN(Cc1ccco1)C(=O)C1CCCC(C(=O)N(CCOC)Cc2ccco2)C1. The quantitative estimate of drug-likeness (QED) is 0.497. The van der Waals surface area contributed by atoms with Crippen molar-refractivity contribution in [2.75, 3.05) is 40.5 Å². The van der Waals surface area contributed by atoms with Gasteiger partial charge in [-0.3, -0.25) is 9.59 Å². The van der Waals surface area contributed by atoms with Crippen LogP contribution in [0.15, 0.2) is 45.6 Å². The van der Waals surface area contributed by atoms with E-state index >= 15 is 0 Å². The van der Waals surface area contributed by atoms with Gasteiger partial charge in [0.2, 0.25) is 11.8 Å². The number of hydrogen-bond donors (Lipinski definition) is 0. The van der Waals surface area contributed by atoms with Crippen LogP contribution in [0.3, 0.4) is 0 Å². The third-order valence-corrected chi connectivity index (χ3v) is 5.98. The molecule has 0 radical (unpaired) electrons. The molecule has 1 aliphatic rings. The lowest BCUT2D eigenvalue weighted by atomic mass is 9.80. The number of hydrogen-bond acceptors (Lipinski definition) is 6. The van der Waals surface area contributed by atoms with Gasteiger partial charge < -0.3 is 28.1 Å². The van der Waals surface area contributed by atoms with Crippen molar-refractivity contribution >= 4 is 11.8 Å². The zero-order valence-corrected chi connectivity index (χ0v) is 19.0. The highest BCUT2D eigenvalue weighted by Gasteiger charge is 2.35. The van der Waals surface area contributed by atoms with Crippen LogP contribution in [0.25, 0.3) is 0 Å². The van der Waals surface area contributed by atoms with E-state index in [9.17, 15) is 9.59 Å². The fraction of sp³-hybridized carbons (Fsp3) is 0.583. The number of carbonyl (C=O) groups excluding carboxylic acids is 2. The summed E-state index contributed by atoms with van der Waals surface area (Å²) in [5.74, 6) is 1.23. The molecule has 3 rings (SSSR count). The van der Waals surface area contributed by atoms with E-state index in [-0.39, 0.29) is 23.7 Å². The molecule has 0 aliphatic heterocycles. The highest BCUT2D eigenvalue weighted by molar-refractivity contribution is 5.82. The summed E-state index contributed by atoms with van der Waals surface area (Å²) in [4.78, 5) is 30.3. The van der Waals surface area contributed by atoms with Gasteiger partial charge in [0.05, 0.1) is 38.8 Å². The molecule has 0 bridgehead atoms. The Labute approximate surface area is 189 Å². The number of rotatable bonds is 12. The van der Waals surface area contributed by atoms with Crippen LogP contribution in [0.1, 0.15) is 37.2 Å². The first-order valence-corrected chi connectivity index (χ1v) is 11.2. The molecular weight excluding hydrogens is 412 g/mol. The van der Waals surface area contributed by atoms with Gasteiger partial charge in [0.1, 0.15) is 11.5 Å². The zero-order chi connectivity index (χ0) is 22.8. The average molecular weight is 447 g/mol. The lowest BCUT2D eigenvalue weighted by molar-refractivity contribution is -0.143. The molecule has 2 aromatic heterocycles. The molecule has 0 saturated heterocycles. The van der Waals surface area contributed by atoms with Crippen LogP contribution in [0, 0.1) is 11.8 Å². The fourth-order valence-electron chi connectivity index (χ4n) is 4.27. The molecule has 176 valence electrons. The first kappa shape index (κ1) is 24.1. The van der Waals surface area contributed by atoms with Gasteiger partial charge in [0, 0.05) is 39.1 Å². The molecule has 0 N–H and O–H groups in total. The molecule has 2 amide bonds. The summed E-state index contributed by atoms with van der Waals surface area (Å²) in [6.45, 7) is 2.70. The molecule has 8 nitrogen and oxygen atoms in total. The molecule has 32 heavy (non-hydrogen) atoms. The maximum absolute atomic E-state index is 13.4. The summed E-state index contributed by atoms with van der Waals surface area (Å²) in [6, 6.07) is 7.36. The second kappa shape index (κ2) is 12.5. The van der Waals surface area contributed by atoms with Crippen LogP contribution in [-0.2, 0) is 32.2 Å². The van der Waals surface area contributed by atoms with Crippen molar-refractivity contribution in [3.63, 3.8) is 0 Å². The number of carbonyl (C=O) groups is 2. The predicted molar refractivity (Wildman–Crippen MR) is 117 cm³/mol. The summed E-state index contributed by atoms with van der Waals surface area (Å²) in [5, 5.41) is 0. The van der Waals surface area contributed by atoms with E-state index in [1.807, 2.05) is 24.3 Å². The Hall–Kier alpha value is -2.58. The van der Waals surface area contributed by atoms with Gasteiger partial charge >= 0.3 is 0 Å². The van der Waals surface area contributed by atoms with Gasteiger partial charge in [-0.25, -0.2) is 0 Å². The van der Waals surface area contributed by atoms with Crippen molar-refractivity contribution in [1.82, 2.24) is 9.80 Å². The van der Waals surface area contributed by atoms with Gasteiger partial charge in [-0.05, 0) is 43.5 Å². The van der Waals surface area contributed by atoms with Crippen molar-refractivity contribution in [1.29, 1.82) is 0 Å². The van der Waals surface area contributed by atoms with E-state index in [4.69, 9.17) is 18.3 Å². The molecule has 2 atom stereocenters. The molecule has 0 aromatic carbocycles. The third-order valence-electron chi connectivity index (χ3n) is 5.98. The summed E-state index contributed by atoms with van der Waals surface area (Å²) in [7, 11) is 3.25. The largest absolute Gasteiger partial charge is 0.467 e. The minimum atomic E-state index is -0.183. The number of methoxy groups -OCH3 is 2. The average Bonchev–Trinajstić information content (AvgIpc) is 3.53. The molecule has 1 aliphatic carbocycles. The van der Waals surface area contributed by atoms with Crippen LogP contribution in [0.4, 0.5) is 0 Å². The fourth-order valence-corrected chi connectivity index (χ4v) is 4.27. The van der Waals surface area contributed by atoms with Crippen molar-refractivity contribution in [2.24, 2.45) is 11.8 Å². The topological polar surface area (TPSA) is 85.4 Å². The van der Waals surface area contributed by atoms with Crippen LogP contribution in [0.5, 0.6) is 0 Å². The van der Waals surface area contributed by atoms with Gasteiger partial charge in [0.15, 0.2) is 0 Å². The Kier molecular flexibility index (Phi) is 9.37. The molecule has 8 heteroatoms. The zero-order valence-electron chi connectivity index (χ0n) is 19.0. The maximum atomic E-state index is 13.4. The summed E-state index contributed by atoms with van der Waals surface area (Å²) >= 11 is 0. The van der Waals surface area contributed by atoms with Crippen molar-refractivity contribution < 1.29 is 27.9 Å². The lowest BCUT2D eigenvalue weighted by Crippen LogP contribution is -2.43. The van der Waals surface area contributed by atoms with Crippen molar-refractivity contribution in [3.8, 4) is 0 Å². The molecule has 2 heterocycles. The standard InChI is InChI=1S/C24H34N2O6/c1-29-14-10-25(17-21-8-4-12-31-21)23(27)19-6-3-7-20(16-19)24(28)26(11-15-30-2)18-22-9-5-13-32-22/h4-5,8-9,12-13,19-20H,3,6-7,10-11,14-18H2,1-2H3. The second-order valence-electron chi connectivity index (χ2n) is 8.22. The molecular formula is C24H34N2O6. The van der Waals surface area contributed by atoms with Gasteiger partial charge in [0.25, 0.3) is 0 Å². The van der Waals surface area contributed by atoms with E-state index in [2.05, 4.69) is 0 Å². The minimum Gasteiger partial charge on any atom is -0.467 e. The third kappa shape index (κ3) is 6.71. The van der Waals surface area contributed by atoms with Crippen molar-refractivity contribution in [3.05, 3.63) is 48.3 Å². The van der Waals surface area contributed by atoms with Crippen molar-refractivity contribution in [2.45, 2.75) is 38.8 Å². The van der Waals surface area contributed by atoms with E-state index in [0.29, 0.717) is 45.8 Å². The summed E-state index contributed by atoms with van der Waals surface area (Å²) in [5.41, 5.74) is 0. The first-order chi connectivity index (χ1) is 15.6. The van der Waals surface area contributed by atoms with Gasteiger partial charge in [-0.1, -0.05) is 6.42 Å². The Morgan fingerprint density at radius 3 is 1.72 bits per heavy atom. The van der Waals surface area contributed by atoms with E-state index in [1.165, 1.54) is 0 Å². The Morgan fingerprint density at radius 1 is 0.875 bits per heavy atom. The maximum Gasteiger partial charge on any atom is 0.226 e. The summed E-state index contributed by atoms with van der Waals surface area (Å²) in [6.07, 6.45) is 6.21. The Balaban J connectivity index is 1.65. The van der Waals surface area contributed by atoms with Gasteiger partial charge in [-0.15, -0.1) is 0 Å². The van der Waals surface area contributed by atoms with E-state index in [0.717, 1.165) is 30.8 Å². The van der Waals surface area contributed by atoms with Crippen LogP contribution < -0.4 is 0 Å². The van der Waals surface area contributed by atoms with Crippen LogP contribution >= 0.6 is 0 Å². The molecule has 2 unspecified atom stereocenters. The van der Waals surface area contributed by atoms with Crippen LogP contribution in [0.2, 0.25) is 0 Å². The second-order valence-corrected chi connectivity index (χ2v) is 8.22. The molecule has 1 saturated carbocycles. The lowest BCUT2D eigenvalue weighted by Gasteiger charge is -2.34. The predicted octanol–water partition coefficient (Wildman–Crippen LogP) is 3.33. The Morgan fingerprint density at radius 2 is 1.34 bits per heavy atom.